The second kappa shape index (κ2) is 4.35. The van der Waals surface area contributed by atoms with Crippen molar-refractivity contribution in [3.05, 3.63) is 34.3 Å². The smallest absolute Gasteiger partial charge is 0.0435 e. The van der Waals surface area contributed by atoms with E-state index in [0.29, 0.717) is 5.41 Å². The van der Waals surface area contributed by atoms with Gasteiger partial charge in [-0.1, -0.05) is 30.2 Å². The van der Waals surface area contributed by atoms with Crippen LogP contribution in [0.5, 0.6) is 0 Å². The quantitative estimate of drug-likeness (QED) is 0.680. The Bertz CT molecular complexity index is 348. The second-order valence-electron chi connectivity index (χ2n) is 4.75. The van der Waals surface area contributed by atoms with Crippen LogP contribution in [0.25, 0.3) is 0 Å². The van der Waals surface area contributed by atoms with Crippen LogP contribution in [-0.4, -0.2) is 5.88 Å². The zero-order chi connectivity index (χ0) is 10.9. The zero-order valence-electron chi connectivity index (χ0n) is 9.02. The topological polar surface area (TPSA) is 0 Å². The first kappa shape index (κ1) is 11.3. The summed E-state index contributed by atoms with van der Waals surface area (Å²) in [6, 6.07) is 6.31. The lowest BCUT2D eigenvalue weighted by Gasteiger charge is -2.40. The summed E-state index contributed by atoms with van der Waals surface area (Å²) in [5.41, 5.74) is 2.91. The van der Waals surface area contributed by atoms with E-state index in [-0.39, 0.29) is 0 Å². The highest BCUT2D eigenvalue weighted by molar-refractivity contribution is 6.31. The molecule has 0 aliphatic heterocycles. The molecule has 82 valence electrons. The van der Waals surface area contributed by atoms with E-state index in [0.717, 1.165) is 17.3 Å². The van der Waals surface area contributed by atoms with Crippen LogP contribution in [0.1, 0.15) is 30.4 Å². The molecule has 15 heavy (non-hydrogen) atoms. The molecule has 1 aromatic rings. The van der Waals surface area contributed by atoms with E-state index in [4.69, 9.17) is 23.2 Å². The summed E-state index contributed by atoms with van der Waals surface area (Å²) in [5.74, 6) is 0.786. The summed E-state index contributed by atoms with van der Waals surface area (Å²) >= 11 is 12.1. The molecule has 0 amide bonds. The van der Waals surface area contributed by atoms with Gasteiger partial charge in [0, 0.05) is 10.9 Å². The van der Waals surface area contributed by atoms with Crippen molar-refractivity contribution < 1.29 is 0 Å². The molecule has 0 heterocycles. The summed E-state index contributed by atoms with van der Waals surface area (Å²) in [5, 5.41) is 0.854. The summed E-state index contributed by atoms with van der Waals surface area (Å²) in [7, 11) is 0. The predicted octanol–water partition coefficient (Wildman–Crippen LogP) is 4.60. The van der Waals surface area contributed by atoms with Gasteiger partial charge in [0.25, 0.3) is 0 Å². The predicted molar refractivity (Wildman–Crippen MR) is 66.9 cm³/mol. The van der Waals surface area contributed by atoms with Crippen LogP contribution >= 0.6 is 23.2 Å². The van der Waals surface area contributed by atoms with E-state index in [1.807, 2.05) is 6.07 Å². The molecule has 1 saturated carbocycles. The summed E-state index contributed by atoms with van der Waals surface area (Å²) in [4.78, 5) is 0. The molecule has 0 atom stereocenters. The Morgan fingerprint density at radius 3 is 2.53 bits per heavy atom. The Labute approximate surface area is 102 Å². The lowest BCUT2D eigenvalue weighted by molar-refractivity contribution is 0.166. The number of alkyl halides is 1. The largest absolute Gasteiger partial charge is 0.126 e. The molecule has 0 unspecified atom stereocenters. The average Bonchev–Trinajstić information content (AvgIpc) is 2.17. The Morgan fingerprint density at radius 1 is 1.33 bits per heavy atom. The van der Waals surface area contributed by atoms with Crippen molar-refractivity contribution in [3.8, 4) is 0 Å². The van der Waals surface area contributed by atoms with Gasteiger partial charge in [-0.25, -0.2) is 0 Å². The van der Waals surface area contributed by atoms with E-state index < -0.39 is 0 Å². The van der Waals surface area contributed by atoms with Crippen LogP contribution in [0.2, 0.25) is 5.02 Å². The first-order valence-electron chi connectivity index (χ1n) is 5.46. The van der Waals surface area contributed by atoms with Gasteiger partial charge in [0.1, 0.15) is 0 Å². The summed E-state index contributed by atoms with van der Waals surface area (Å²) in [6.07, 6.45) is 4.99. The molecular weight excluding hydrogens is 227 g/mol. The van der Waals surface area contributed by atoms with Gasteiger partial charge in [0.15, 0.2) is 0 Å². The molecule has 1 aromatic carbocycles. The van der Waals surface area contributed by atoms with Gasteiger partial charge in [0.05, 0.1) is 0 Å². The molecule has 1 aliphatic rings. The van der Waals surface area contributed by atoms with E-state index in [2.05, 4.69) is 19.1 Å². The van der Waals surface area contributed by atoms with Gasteiger partial charge in [-0.05, 0) is 48.8 Å². The summed E-state index contributed by atoms with van der Waals surface area (Å²) in [6.45, 7) is 2.06. The molecule has 0 bridgehead atoms. The fourth-order valence-electron chi connectivity index (χ4n) is 2.28. The minimum Gasteiger partial charge on any atom is -0.126 e. The first-order valence-corrected chi connectivity index (χ1v) is 6.37. The Hall–Kier alpha value is -0.200. The maximum Gasteiger partial charge on any atom is 0.0435 e. The first-order chi connectivity index (χ1) is 7.15. The molecule has 0 nitrogen and oxygen atoms in total. The van der Waals surface area contributed by atoms with E-state index in [9.17, 15) is 0 Å². The number of hydrogen-bond donors (Lipinski definition) is 0. The third kappa shape index (κ3) is 2.32. The van der Waals surface area contributed by atoms with Crippen molar-refractivity contribution in [2.45, 2.75) is 32.6 Å². The van der Waals surface area contributed by atoms with Crippen LogP contribution in [-0.2, 0) is 6.42 Å². The Morgan fingerprint density at radius 2 is 2.07 bits per heavy atom. The minimum absolute atomic E-state index is 0.377. The fraction of sp³-hybridized carbons (Fsp3) is 0.538. The molecule has 2 rings (SSSR count). The molecule has 0 saturated heterocycles. The van der Waals surface area contributed by atoms with Gasteiger partial charge < -0.3 is 0 Å². The molecule has 1 fully saturated rings. The van der Waals surface area contributed by atoms with E-state index in [1.54, 1.807) is 0 Å². The van der Waals surface area contributed by atoms with Crippen LogP contribution in [0.4, 0.5) is 0 Å². The SMILES string of the molecule is Cc1cc(CC2(CCl)CCC2)ccc1Cl. The van der Waals surface area contributed by atoms with Crippen molar-refractivity contribution in [3.63, 3.8) is 0 Å². The molecule has 2 heteroatoms. The number of hydrogen-bond acceptors (Lipinski definition) is 0. The molecule has 0 spiro atoms. The number of aryl methyl sites for hydroxylation is 1. The second-order valence-corrected chi connectivity index (χ2v) is 5.42. The number of benzene rings is 1. The van der Waals surface area contributed by atoms with Gasteiger partial charge in [-0.3, -0.25) is 0 Å². The maximum atomic E-state index is 6.06. The van der Waals surface area contributed by atoms with Gasteiger partial charge in [-0.2, -0.15) is 0 Å². The van der Waals surface area contributed by atoms with Crippen molar-refractivity contribution in [2.75, 3.05) is 5.88 Å². The number of halogens is 2. The number of rotatable bonds is 3. The summed E-state index contributed by atoms with van der Waals surface area (Å²) < 4.78 is 0. The lowest BCUT2D eigenvalue weighted by atomic mass is 9.67. The van der Waals surface area contributed by atoms with Crippen molar-refractivity contribution in [1.82, 2.24) is 0 Å². The van der Waals surface area contributed by atoms with Gasteiger partial charge in [0.2, 0.25) is 0 Å². The van der Waals surface area contributed by atoms with Crippen LogP contribution < -0.4 is 0 Å². The molecular formula is C13H16Cl2. The minimum atomic E-state index is 0.377. The lowest BCUT2D eigenvalue weighted by Crippen LogP contribution is -2.33. The Kier molecular flexibility index (Phi) is 3.27. The Balaban J connectivity index is 2.13. The van der Waals surface area contributed by atoms with Crippen LogP contribution in [0, 0.1) is 12.3 Å². The standard InChI is InChI=1S/C13H16Cl2/c1-10-7-11(3-4-12(10)15)8-13(9-14)5-2-6-13/h3-4,7H,2,5-6,8-9H2,1H3. The van der Waals surface area contributed by atoms with E-state index >= 15 is 0 Å². The van der Waals surface area contributed by atoms with Gasteiger partial charge in [-0.15, -0.1) is 11.6 Å². The molecule has 1 aliphatic carbocycles. The third-order valence-corrected chi connectivity index (χ3v) is 4.49. The highest BCUT2D eigenvalue weighted by Crippen LogP contribution is 2.44. The van der Waals surface area contributed by atoms with Crippen molar-refractivity contribution in [1.29, 1.82) is 0 Å². The van der Waals surface area contributed by atoms with Crippen LogP contribution in [0.3, 0.4) is 0 Å². The normalized spacial score (nSPS) is 18.6. The average molecular weight is 243 g/mol. The van der Waals surface area contributed by atoms with Crippen molar-refractivity contribution >= 4 is 23.2 Å². The van der Waals surface area contributed by atoms with E-state index in [1.165, 1.54) is 30.4 Å². The molecule has 0 aromatic heterocycles. The fourth-order valence-corrected chi connectivity index (χ4v) is 2.76. The maximum absolute atomic E-state index is 6.06. The zero-order valence-corrected chi connectivity index (χ0v) is 10.5. The van der Waals surface area contributed by atoms with Crippen molar-refractivity contribution in [2.24, 2.45) is 5.41 Å². The van der Waals surface area contributed by atoms with Crippen LogP contribution in [0.15, 0.2) is 18.2 Å². The third-order valence-electron chi connectivity index (χ3n) is 3.50. The highest BCUT2D eigenvalue weighted by atomic mass is 35.5. The monoisotopic (exact) mass is 242 g/mol. The highest BCUT2D eigenvalue weighted by Gasteiger charge is 2.35. The molecule has 0 N–H and O–H groups in total. The molecule has 0 radical (unpaired) electrons. The van der Waals surface area contributed by atoms with Gasteiger partial charge >= 0.3 is 0 Å².